The highest BCUT2D eigenvalue weighted by Crippen LogP contribution is 2.45. The van der Waals surface area contributed by atoms with Gasteiger partial charge in [0, 0.05) is 6.61 Å². The molecular formula is C14H24N4O. The number of nitrogens with zero attached hydrogens (tertiary/aromatic N) is 3. The highest BCUT2D eigenvalue weighted by atomic mass is 16.5. The van der Waals surface area contributed by atoms with Crippen molar-refractivity contribution >= 4 is 0 Å². The van der Waals surface area contributed by atoms with Crippen molar-refractivity contribution in [1.82, 2.24) is 20.1 Å². The molecule has 2 heterocycles. The Morgan fingerprint density at radius 3 is 3.16 bits per heavy atom. The summed E-state index contributed by atoms with van der Waals surface area (Å²) in [4.78, 5) is 4.40. The fourth-order valence-electron chi connectivity index (χ4n) is 3.21. The van der Waals surface area contributed by atoms with Crippen molar-refractivity contribution in [1.29, 1.82) is 0 Å². The zero-order valence-corrected chi connectivity index (χ0v) is 11.8. The van der Waals surface area contributed by atoms with E-state index in [2.05, 4.69) is 27.0 Å². The van der Waals surface area contributed by atoms with Crippen molar-refractivity contribution in [2.24, 2.45) is 0 Å². The molecule has 1 unspecified atom stereocenters. The van der Waals surface area contributed by atoms with Crippen molar-refractivity contribution < 1.29 is 4.74 Å². The molecule has 1 aromatic heterocycles. The lowest BCUT2D eigenvalue weighted by Crippen LogP contribution is -2.46. The maximum Gasteiger partial charge on any atom is 0.141 e. The summed E-state index contributed by atoms with van der Waals surface area (Å²) in [6, 6.07) is 0.468. The molecule has 0 radical (unpaired) electrons. The number of ether oxygens (including phenoxy) is 1. The van der Waals surface area contributed by atoms with Crippen LogP contribution in [0.4, 0.5) is 0 Å². The number of nitrogens with one attached hydrogen (secondary N) is 1. The van der Waals surface area contributed by atoms with Crippen LogP contribution in [-0.2, 0) is 11.3 Å². The Hall–Kier alpha value is -0.940. The van der Waals surface area contributed by atoms with Gasteiger partial charge < -0.3 is 10.1 Å². The Kier molecular flexibility index (Phi) is 3.84. The predicted octanol–water partition coefficient (Wildman–Crippen LogP) is 2.05. The summed E-state index contributed by atoms with van der Waals surface area (Å²) in [6.45, 7) is 4.89. The number of rotatable bonds is 5. The fraction of sp³-hybridized carbons (Fsp3) is 0.857. The molecule has 1 atom stereocenters. The van der Waals surface area contributed by atoms with E-state index in [0.29, 0.717) is 6.04 Å². The lowest BCUT2D eigenvalue weighted by atomic mass is 9.74. The molecule has 1 N–H and O–H groups in total. The molecule has 0 bridgehead atoms. The van der Waals surface area contributed by atoms with Gasteiger partial charge in [-0.3, -0.25) is 0 Å². The molecule has 1 aromatic rings. The fourth-order valence-corrected chi connectivity index (χ4v) is 3.21. The second-order valence-electron chi connectivity index (χ2n) is 5.83. The second kappa shape index (κ2) is 5.59. The number of hydrogen-bond donors (Lipinski definition) is 1. The first-order chi connectivity index (χ1) is 9.33. The predicted molar refractivity (Wildman–Crippen MR) is 72.8 cm³/mol. The summed E-state index contributed by atoms with van der Waals surface area (Å²) in [6.07, 6.45) is 8.77. The van der Waals surface area contributed by atoms with Crippen LogP contribution in [0.5, 0.6) is 0 Å². The zero-order chi connectivity index (χ0) is 13.1. The van der Waals surface area contributed by atoms with E-state index in [1.165, 1.54) is 19.3 Å². The molecule has 1 saturated heterocycles. The van der Waals surface area contributed by atoms with Crippen molar-refractivity contribution in [3.8, 4) is 0 Å². The maximum atomic E-state index is 5.99. The van der Waals surface area contributed by atoms with E-state index in [4.69, 9.17) is 4.74 Å². The van der Waals surface area contributed by atoms with Gasteiger partial charge in [0.1, 0.15) is 12.2 Å². The van der Waals surface area contributed by atoms with E-state index >= 15 is 0 Å². The first-order valence-corrected chi connectivity index (χ1v) is 7.56. The highest BCUT2D eigenvalue weighted by molar-refractivity contribution is 4.97. The SMILES string of the molecule is CCCNCc1ncnn1C1CCOC2(CCC2)C1. The third-order valence-electron chi connectivity index (χ3n) is 4.43. The molecule has 19 heavy (non-hydrogen) atoms. The van der Waals surface area contributed by atoms with E-state index in [0.717, 1.165) is 44.8 Å². The first-order valence-electron chi connectivity index (χ1n) is 7.56. The molecule has 1 spiro atoms. The van der Waals surface area contributed by atoms with Crippen LogP contribution in [0.2, 0.25) is 0 Å². The van der Waals surface area contributed by atoms with Gasteiger partial charge in [-0.2, -0.15) is 5.10 Å². The minimum atomic E-state index is 0.170. The van der Waals surface area contributed by atoms with E-state index in [9.17, 15) is 0 Å². The molecule has 0 amide bonds. The van der Waals surface area contributed by atoms with Gasteiger partial charge in [0.05, 0.1) is 18.2 Å². The van der Waals surface area contributed by atoms with E-state index in [-0.39, 0.29) is 5.60 Å². The zero-order valence-electron chi connectivity index (χ0n) is 11.8. The maximum absolute atomic E-state index is 5.99. The van der Waals surface area contributed by atoms with Crippen molar-refractivity contribution in [2.75, 3.05) is 13.2 Å². The summed E-state index contributed by atoms with van der Waals surface area (Å²) in [5.41, 5.74) is 0.170. The van der Waals surface area contributed by atoms with Gasteiger partial charge in [0.25, 0.3) is 0 Å². The van der Waals surface area contributed by atoms with Gasteiger partial charge in [-0.1, -0.05) is 6.92 Å². The molecule has 3 rings (SSSR count). The van der Waals surface area contributed by atoms with Crippen LogP contribution in [0.1, 0.15) is 57.3 Å². The average Bonchev–Trinajstić information content (AvgIpc) is 2.86. The molecule has 2 fully saturated rings. The van der Waals surface area contributed by atoms with E-state index < -0.39 is 0 Å². The Labute approximate surface area is 114 Å². The highest BCUT2D eigenvalue weighted by Gasteiger charge is 2.43. The Bertz CT molecular complexity index is 413. The monoisotopic (exact) mass is 264 g/mol. The van der Waals surface area contributed by atoms with Crippen LogP contribution in [0.25, 0.3) is 0 Å². The minimum Gasteiger partial charge on any atom is -0.375 e. The van der Waals surface area contributed by atoms with E-state index in [1.807, 2.05) is 0 Å². The smallest absolute Gasteiger partial charge is 0.141 e. The molecule has 106 valence electrons. The first kappa shape index (κ1) is 13.1. The standard InChI is InChI=1S/C14H24N4O/c1-2-7-15-10-13-16-11-17-18(13)12-4-8-19-14(9-12)5-3-6-14/h11-12,15H,2-10H2,1H3. The van der Waals surface area contributed by atoms with Crippen LogP contribution in [0.3, 0.4) is 0 Å². The molecule has 1 aliphatic carbocycles. The van der Waals surface area contributed by atoms with Crippen LogP contribution < -0.4 is 5.32 Å². The van der Waals surface area contributed by atoms with Gasteiger partial charge in [0.15, 0.2) is 0 Å². The molecule has 0 aromatic carbocycles. The lowest BCUT2D eigenvalue weighted by molar-refractivity contribution is -0.141. The largest absolute Gasteiger partial charge is 0.375 e. The Balaban J connectivity index is 1.66. The van der Waals surface area contributed by atoms with Gasteiger partial charge >= 0.3 is 0 Å². The molecule has 5 heteroatoms. The van der Waals surface area contributed by atoms with Crippen molar-refractivity contribution in [3.63, 3.8) is 0 Å². The van der Waals surface area contributed by atoms with Gasteiger partial charge in [-0.15, -0.1) is 0 Å². The Morgan fingerprint density at radius 1 is 1.53 bits per heavy atom. The number of aromatic nitrogens is 3. The molecule has 5 nitrogen and oxygen atoms in total. The Morgan fingerprint density at radius 2 is 2.42 bits per heavy atom. The van der Waals surface area contributed by atoms with Crippen LogP contribution >= 0.6 is 0 Å². The summed E-state index contributed by atoms with van der Waals surface area (Å²) < 4.78 is 8.12. The van der Waals surface area contributed by atoms with Crippen molar-refractivity contribution in [2.45, 2.75) is 63.6 Å². The van der Waals surface area contributed by atoms with Crippen LogP contribution in [-0.4, -0.2) is 33.5 Å². The third kappa shape index (κ3) is 2.67. The minimum absolute atomic E-state index is 0.170. The van der Waals surface area contributed by atoms with Crippen LogP contribution in [0.15, 0.2) is 6.33 Å². The van der Waals surface area contributed by atoms with Gasteiger partial charge in [-0.25, -0.2) is 9.67 Å². The molecule has 1 saturated carbocycles. The molecule has 2 aliphatic rings. The number of hydrogen-bond acceptors (Lipinski definition) is 4. The topological polar surface area (TPSA) is 52.0 Å². The quantitative estimate of drug-likeness (QED) is 0.827. The second-order valence-corrected chi connectivity index (χ2v) is 5.83. The summed E-state index contributed by atoms with van der Waals surface area (Å²) in [5, 5.41) is 7.86. The summed E-state index contributed by atoms with van der Waals surface area (Å²) in [5.74, 6) is 1.06. The van der Waals surface area contributed by atoms with Crippen molar-refractivity contribution in [3.05, 3.63) is 12.2 Å². The normalized spacial score (nSPS) is 25.4. The average molecular weight is 264 g/mol. The molecule has 1 aliphatic heterocycles. The van der Waals surface area contributed by atoms with Gasteiger partial charge in [-0.05, 0) is 45.1 Å². The van der Waals surface area contributed by atoms with E-state index in [1.54, 1.807) is 6.33 Å². The van der Waals surface area contributed by atoms with Crippen LogP contribution in [0, 0.1) is 0 Å². The third-order valence-corrected chi connectivity index (χ3v) is 4.43. The lowest BCUT2D eigenvalue weighted by Gasteiger charge is -2.47. The summed E-state index contributed by atoms with van der Waals surface area (Å²) >= 11 is 0. The van der Waals surface area contributed by atoms with Gasteiger partial charge in [0.2, 0.25) is 0 Å². The molecular weight excluding hydrogens is 240 g/mol. The summed E-state index contributed by atoms with van der Waals surface area (Å²) in [7, 11) is 0.